The highest BCUT2D eigenvalue weighted by atomic mass is 79.9. The molecule has 0 fully saturated rings. The molecule has 3 rings (SSSR count). The lowest BCUT2D eigenvalue weighted by molar-refractivity contribution is 0.242. The van der Waals surface area contributed by atoms with E-state index in [-0.39, 0.29) is 12.4 Å². The SMILES string of the molecule is Fc1ccc(OCc2nc(-c3ccc(Br)cc3)no2)cc1. The minimum atomic E-state index is -0.308. The molecule has 2 aromatic carbocycles. The van der Waals surface area contributed by atoms with Gasteiger partial charge in [0.05, 0.1) is 0 Å². The summed E-state index contributed by atoms with van der Waals surface area (Å²) in [6.45, 7) is 0.134. The number of hydrogen-bond acceptors (Lipinski definition) is 4. The van der Waals surface area contributed by atoms with Crippen LogP contribution in [0.2, 0.25) is 0 Å². The van der Waals surface area contributed by atoms with Crippen molar-refractivity contribution in [2.45, 2.75) is 6.61 Å². The summed E-state index contributed by atoms with van der Waals surface area (Å²) < 4.78 is 24.3. The van der Waals surface area contributed by atoms with Gasteiger partial charge >= 0.3 is 0 Å². The first-order valence-electron chi connectivity index (χ1n) is 6.17. The standard InChI is InChI=1S/C15H10BrFN2O2/c16-11-3-1-10(2-4-11)15-18-14(21-19-15)9-20-13-7-5-12(17)6-8-13/h1-8H,9H2. The molecule has 106 valence electrons. The quantitative estimate of drug-likeness (QED) is 0.708. The predicted molar refractivity (Wildman–Crippen MR) is 78.2 cm³/mol. The van der Waals surface area contributed by atoms with Gasteiger partial charge in [-0.05, 0) is 48.5 Å². The Hall–Kier alpha value is -2.21. The van der Waals surface area contributed by atoms with Gasteiger partial charge in [0.1, 0.15) is 11.6 Å². The largest absolute Gasteiger partial charge is 0.484 e. The van der Waals surface area contributed by atoms with Gasteiger partial charge < -0.3 is 9.26 Å². The van der Waals surface area contributed by atoms with Crippen molar-refractivity contribution in [3.63, 3.8) is 0 Å². The van der Waals surface area contributed by atoms with Crippen LogP contribution < -0.4 is 4.74 Å². The fourth-order valence-electron chi connectivity index (χ4n) is 1.71. The molecule has 0 spiro atoms. The summed E-state index contributed by atoms with van der Waals surface area (Å²) in [6.07, 6.45) is 0. The van der Waals surface area contributed by atoms with E-state index in [1.54, 1.807) is 12.1 Å². The zero-order valence-corrected chi connectivity index (χ0v) is 12.4. The van der Waals surface area contributed by atoms with Crippen LogP contribution in [0.1, 0.15) is 5.89 Å². The Bertz CT molecular complexity index is 726. The van der Waals surface area contributed by atoms with Gasteiger partial charge in [-0.1, -0.05) is 21.1 Å². The maximum Gasteiger partial charge on any atom is 0.264 e. The molecule has 1 heterocycles. The van der Waals surface area contributed by atoms with Gasteiger partial charge in [0, 0.05) is 10.0 Å². The summed E-state index contributed by atoms with van der Waals surface area (Å²) in [7, 11) is 0. The summed E-state index contributed by atoms with van der Waals surface area (Å²) in [5, 5.41) is 3.90. The van der Waals surface area contributed by atoms with Crippen LogP contribution >= 0.6 is 15.9 Å². The van der Waals surface area contributed by atoms with Crippen LogP contribution in [0.5, 0.6) is 5.75 Å². The van der Waals surface area contributed by atoms with Crippen LogP contribution in [-0.4, -0.2) is 10.1 Å². The van der Waals surface area contributed by atoms with Gasteiger partial charge in [0.15, 0.2) is 6.61 Å². The summed E-state index contributed by atoms with van der Waals surface area (Å²) in [5.41, 5.74) is 0.856. The zero-order chi connectivity index (χ0) is 14.7. The van der Waals surface area contributed by atoms with Crippen molar-refractivity contribution in [3.05, 3.63) is 64.7 Å². The van der Waals surface area contributed by atoms with E-state index >= 15 is 0 Å². The minimum Gasteiger partial charge on any atom is -0.484 e. The van der Waals surface area contributed by atoms with Crippen molar-refractivity contribution < 1.29 is 13.7 Å². The van der Waals surface area contributed by atoms with E-state index in [1.165, 1.54) is 12.1 Å². The summed E-state index contributed by atoms with van der Waals surface area (Å²) in [5.74, 6) is 1.09. The van der Waals surface area contributed by atoms with E-state index in [0.717, 1.165) is 10.0 Å². The third kappa shape index (κ3) is 3.46. The predicted octanol–water partition coefficient (Wildman–Crippen LogP) is 4.22. The van der Waals surface area contributed by atoms with Crippen molar-refractivity contribution in [3.8, 4) is 17.1 Å². The first-order valence-corrected chi connectivity index (χ1v) is 6.97. The normalized spacial score (nSPS) is 10.6. The first kappa shape index (κ1) is 13.8. The lowest BCUT2D eigenvalue weighted by Crippen LogP contribution is -1.95. The van der Waals surface area contributed by atoms with E-state index in [1.807, 2.05) is 24.3 Å². The van der Waals surface area contributed by atoms with Crippen molar-refractivity contribution in [2.75, 3.05) is 0 Å². The molecule has 0 saturated carbocycles. The Labute approximate surface area is 128 Å². The average Bonchev–Trinajstić information content (AvgIpc) is 2.96. The average molecular weight is 349 g/mol. The molecule has 0 aliphatic heterocycles. The number of halogens is 2. The molecule has 0 atom stereocenters. The molecule has 0 amide bonds. The van der Waals surface area contributed by atoms with Crippen molar-refractivity contribution in [1.29, 1.82) is 0 Å². The van der Waals surface area contributed by atoms with Gasteiger partial charge in [-0.3, -0.25) is 0 Å². The van der Waals surface area contributed by atoms with Crippen LogP contribution in [0.4, 0.5) is 4.39 Å². The number of hydrogen-bond donors (Lipinski definition) is 0. The van der Waals surface area contributed by atoms with Gasteiger partial charge in [-0.2, -0.15) is 4.98 Å². The molecule has 0 aliphatic rings. The molecule has 3 aromatic rings. The molecule has 4 nitrogen and oxygen atoms in total. The number of rotatable bonds is 4. The van der Waals surface area contributed by atoms with Gasteiger partial charge in [0.25, 0.3) is 5.89 Å². The van der Waals surface area contributed by atoms with Crippen LogP contribution in [0, 0.1) is 5.82 Å². The third-order valence-electron chi connectivity index (χ3n) is 2.75. The summed E-state index contributed by atoms with van der Waals surface area (Å²) in [4.78, 5) is 4.25. The number of benzene rings is 2. The number of aromatic nitrogens is 2. The van der Waals surface area contributed by atoms with E-state index in [4.69, 9.17) is 9.26 Å². The lowest BCUT2D eigenvalue weighted by Gasteiger charge is -2.01. The summed E-state index contributed by atoms with van der Waals surface area (Å²) in [6, 6.07) is 13.3. The lowest BCUT2D eigenvalue weighted by atomic mass is 10.2. The topological polar surface area (TPSA) is 48.2 Å². The second kappa shape index (κ2) is 6.05. The van der Waals surface area contributed by atoms with E-state index in [9.17, 15) is 4.39 Å². The molecule has 0 saturated heterocycles. The van der Waals surface area contributed by atoms with Gasteiger partial charge in [-0.25, -0.2) is 4.39 Å². The number of nitrogens with zero attached hydrogens (tertiary/aromatic N) is 2. The van der Waals surface area contributed by atoms with E-state index < -0.39 is 0 Å². The maximum atomic E-state index is 12.8. The molecule has 21 heavy (non-hydrogen) atoms. The molecule has 0 unspecified atom stereocenters. The zero-order valence-electron chi connectivity index (χ0n) is 10.8. The van der Waals surface area contributed by atoms with Gasteiger partial charge in [-0.15, -0.1) is 0 Å². The minimum absolute atomic E-state index is 0.134. The number of ether oxygens (including phenoxy) is 1. The molecular weight excluding hydrogens is 339 g/mol. The van der Waals surface area contributed by atoms with Gasteiger partial charge in [0.2, 0.25) is 5.82 Å². The second-order valence-electron chi connectivity index (χ2n) is 4.26. The molecule has 0 aliphatic carbocycles. The third-order valence-corrected chi connectivity index (χ3v) is 3.28. The Morgan fingerprint density at radius 3 is 2.48 bits per heavy atom. The highest BCUT2D eigenvalue weighted by molar-refractivity contribution is 9.10. The Morgan fingerprint density at radius 2 is 1.76 bits per heavy atom. The fraction of sp³-hybridized carbons (Fsp3) is 0.0667. The first-order chi connectivity index (χ1) is 10.2. The van der Waals surface area contributed by atoms with Crippen LogP contribution in [0.25, 0.3) is 11.4 Å². The Balaban J connectivity index is 1.67. The van der Waals surface area contributed by atoms with Crippen molar-refractivity contribution in [2.24, 2.45) is 0 Å². The smallest absolute Gasteiger partial charge is 0.264 e. The van der Waals surface area contributed by atoms with Crippen LogP contribution in [0.3, 0.4) is 0 Å². The van der Waals surface area contributed by atoms with Crippen molar-refractivity contribution in [1.82, 2.24) is 10.1 Å². The molecule has 0 radical (unpaired) electrons. The van der Waals surface area contributed by atoms with Crippen LogP contribution in [-0.2, 0) is 6.61 Å². The second-order valence-corrected chi connectivity index (χ2v) is 5.18. The maximum absolute atomic E-state index is 12.8. The van der Waals surface area contributed by atoms with E-state index in [2.05, 4.69) is 26.1 Å². The highest BCUT2D eigenvalue weighted by Crippen LogP contribution is 2.19. The van der Waals surface area contributed by atoms with E-state index in [0.29, 0.717) is 17.5 Å². The fourth-order valence-corrected chi connectivity index (χ4v) is 1.97. The summed E-state index contributed by atoms with van der Waals surface area (Å²) >= 11 is 3.37. The van der Waals surface area contributed by atoms with Crippen LogP contribution in [0.15, 0.2) is 57.5 Å². The molecular formula is C15H10BrFN2O2. The Kier molecular flexibility index (Phi) is 3.96. The molecule has 1 aromatic heterocycles. The molecule has 0 bridgehead atoms. The monoisotopic (exact) mass is 348 g/mol. The Morgan fingerprint density at radius 1 is 1.05 bits per heavy atom. The molecule has 6 heteroatoms. The molecule has 0 N–H and O–H groups in total. The highest BCUT2D eigenvalue weighted by Gasteiger charge is 2.09. The van der Waals surface area contributed by atoms with Crippen molar-refractivity contribution >= 4 is 15.9 Å².